The molecule has 1 aliphatic heterocycles. The number of nitrogens with zero attached hydrogens (tertiary/aromatic N) is 3. The molecule has 1 amide bonds. The number of hydrogen-bond acceptors (Lipinski definition) is 7. The molecule has 0 aliphatic carbocycles. The first-order valence-electron chi connectivity index (χ1n) is 8.17. The number of β-amino-alcohol motifs (C(OH)–C–C–N with tert-alkyl or cyclic N) is 1. The van der Waals surface area contributed by atoms with E-state index in [2.05, 4.69) is 10.1 Å². The van der Waals surface area contributed by atoms with E-state index in [1.54, 1.807) is 12.0 Å². The quantitative estimate of drug-likeness (QED) is 0.858. The molecule has 0 unspecified atom stereocenters. The van der Waals surface area contributed by atoms with Gasteiger partial charge in [0.15, 0.2) is 0 Å². The summed E-state index contributed by atoms with van der Waals surface area (Å²) in [5.41, 5.74) is 0.735. The van der Waals surface area contributed by atoms with Crippen LogP contribution in [0.4, 0.5) is 0 Å². The minimum atomic E-state index is -0.646. The molecule has 134 valence electrons. The predicted octanol–water partition coefficient (Wildman–Crippen LogP) is 0.897. The lowest BCUT2D eigenvalue weighted by Crippen LogP contribution is -2.37. The monoisotopic (exact) mass is 347 g/mol. The zero-order valence-electron chi connectivity index (χ0n) is 14.1. The molecule has 2 heterocycles. The van der Waals surface area contributed by atoms with Crippen molar-refractivity contribution in [2.75, 3.05) is 33.4 Å². The number of rotatable bonds is 5. The second kappa shape index (κ2) is 8.09. The second-order valence-corrected chi connectivity index (χ2v) is 5.78. The highest BCUT2D eigenvalue weighted by Gasteiger charge is 2.21. The number of para-hydroxylation sites is 1. The third-order valence-electron chi connectivity index (χ3n) is 3.97. The van der Waals surface area contributed by atoms with E-state index in [1.807, 2.05) is 24.3 Å². The van der Waals surface area contributed by atoms with Crippen LogP contribution in [-0.2, 0) is 16.0 Å². The summed E-state index contributed by atoms with van der Waals surface area (Å²) < 4.78 is 15.8. The SMILES string of the molecule is COc1ccccc1-c1noc(CCC(=O)N2CCOC[C@H](O)C2)n1. The minimum Gasteiger partial charge on any atom is -0.496 e. The van der Waals surface area contributed by atoms with Crippen molar-refractivity contribution in [1.82, 2.24) is 15.0 Å². The van der Waals surface area contributed by atoms with Crippen LogP contribution in [0.1, 0.15) is 12.3 Å². The summed E-state index contributed by atoms with van der Waals surface area (Å²) >= 11 is 0. The van der Waals surface area contributed by atoms with Crippen molar-refractivity contribution in [1.29, 1.82) is 0 Å². The first kappa shape index (κ1) is 17.4. The van der Waals surface area contributed by atoms with Gasteiger partial charge in [-0.25, -0.2) is 0 Å². The Kier molecular flexibility index (Phi) is 5.62. The lowest BCUT2D eigenvalue weighted by molar-refractivity contribution is -0.132. The summed E-state index contributed by atoms with van der Waals surface area (Å²) in [5.74, 6) is 1.41. The van der Waals surface area contributed by atoms with Gasteiger partial charge in [-0.2, -0.15) is 4.98 Å². The van der Waals surface area contributed by atoms with Gasteiger partial charge in [0, 0.05) is 25.9 Å². The van der Waals surface area contributed by atoms with Crippen molar-refractivity contribution in [3.63, 3.8) is 0 Å². The van der Waals surface area contributed by atoms with E-state index in [4.69, 9.17) is 14.0 Å². The van der Waals surface area contributed by atoms with Gasteiger partial charge in [-0.3, -0.25) is 4.79 Å². The van der Waals surface area contributed by atoms with E-state index in [9.17, 15) is 9.90 Å². The molecule has 2 aromatic rings. The minimum absolute atomic E-state index is 0.0680. The second-order valence-electron chi connectivity index (χ2n) is 5.78. The number of aromatic nitrogens is 2. The van der Waals surface area contributed by atoms with Gasteiger partial charge in [-0.1, -0.05) is 17.3 Å². The standard InChI is InChI=1S/C17H21N3O5/c1-23-14-5-3-2-4-13(14)17-18-15(25-19-17)6-7-16(22)20-8-9-24-11-12(21)10-20/h2-5,12,21H,6-11H2,1H3/t12-/m1/s1. The van der Waals surface area contributed by atoms with Crippen LogP contribution in [0.2, 0.25) is 0 Å². The lowest BCUT2D eigenvalue weighted by atomic mass is 10.2. The summed E-state index contributed by atoms with van der Waals surface area (Å²) in [6.45, 7) is 1.46. The molecule has 1 N–H and O–H groups in total. The van der Waals surface area contributed by atoms with E-state index < -0.39 is 6.10 Å². The number of ether oxygens (including phenoxy) is 2. The van der Waals surface area contributed by atoms with Gasteiger partial charge in [-0.05, 0) is 12.1 Å². The Morgan fingerprint density at radius 1 is 1.44 bits per heavy atom. The Balaban J connectivity index is 1.61. The zero-order valence-corrected chi connectivity index (χ0v) is 14.1. The number of hydrogen-bond donors (Lipinski definition) is 1. The summed E-state index contributed by atoms with van der Waals surface area (Å²) in [4.78, 5) is 18.2. The summed E-state index contributed by atoms with van der Waals surface area (Å²) in [6.07, 6.45) is -0.0682. The van der Waals surface area contributed by atoms with E-state index in [-0.39, 0.29) is 25.5 Å². The van der Waals surface area contributed by atoms with Crippen molar-refractivity contribution >= 4 is 5.91 Å². The van der Waals surface area contributed by atoms with Crippen molar-refractivity contribution in [3.8, 4) is 17.1 Å². The predicted molar refractivity (Wildman–Crippen MR) is 88.0 cm³/mol. The molecule has 3 rings (SSSR count). The molecule has 1 aliphatic rings. The molecule has 1 aromatic carbocycles. The molecule has 8 heteroatoms. The normalized spacial score (nSPS) is 18.0. The largest absolute Gasteiger partial charge is 0.496 e. The molecule has 1 fully saturated rings. The molecule has 0 saturated carbocycles. The average Bonchev–Trinajstić information content (AvgIpc) is 3.00. The van der Waals surface area contributed by atoms with Crippen molar-refractivity contribution in [3.05, 3.63) is 30.2 Å². The Morgan fingerprint density at radius 2 is 2.28 bits per heavy atom. The maximum absolute atomic E-state index is 12.3. The molecular formula is C17H21N3O5. The number of aliphatic hydroxyl groups is 1. The van der Waals surface area contributed by atoms with Gasteiger partial charge in [-0.15, -0.1) is 0 Å². The number of methoxy groups -OCH3 is 1. The first-order chi connectivity index (χ1) is 12.2. The van der Waals surface area contributed by atoms with Gasteiger partial charge in [0.05, 0.1) is 32.0 Å². The van der Waals surface area contributed by atoms with Gasteiger partial charge in [0.2, 0.25) is 17.6 Å². The summed E-state index contributed by atoms with van der Waals surface area (Å²) in [7, 11) is 1.58. The fraction of sp³-hybridized carbons (Fsp3) is 0.471. The molecule has 25 heavy (non-hydrogen) atoms. The molecular weight excluding hydrogens is 326 g/mol. The Labute approximate surface area is 145 Å². The van der Waals surface area contributed by atoms with Gasteiger partial charge >= 0.3 is 0 Å². The van der Waals surface area contributed by atoms with Crippen LogP contribution in [0.5, 0.6) is 5.75 Å². The number of benzene rings is 1. The van der Waals surface area contributed by atoms with Crippen LogP contribution in [0.25, 0.3) is 11.4 Å². The number of aliphatic hydroxyl groups excluding tert-OH is 1. The fourth-order valence-corrected chi connectivity index (χ4v) is 2.69. The maximum atomic E-state index is 12.3. The van der Waals surface area contributed by atoms with E-state index >= 15 is 0 Å². The molecule has 0 bridgehead atoms. The molecule has 1 saturated heterocycles. The fourth-order valence-electron chi connectivity index (χ4n) is 2.69. The third kappa shape index (κ3) is 4.34. The van der Waals surface area contributed by atoms with Crippen LogP contribution < -0.4 is 4.74 Å². The van der Waals surface area contributed by atoms with Gasteiger partial charge in [0.25, 0.3) is 0 Å². The maximum Gasteiger partial charge on any atom is 0.227 e. The van der Waals surface area contributed by atoms with Crippen molar-refractivity contribution in [2.24, 2.45) is 0 Å². The topological polar surface area (TPSA) is 97.9 Å². The van der Waals surface area contributed by atoms with Crippen LogP contribution in [-0.4, -0.2) is 65.6 Å². The Hall–Kier alpha value is -2.45. The number of aryl methyl sites for hydroxylation is 1. The molecule has 1 aromatic heterocycles. The molecule has 0 spiro atoms. The third-order valence-corrected chi connectivity index (χ3v) is 3.97. The zero-order chi connectivity index (χ0) is 17.6. The molecule has 0 radical (unpaired) electrons. The number of carbonyl (C=O) groups is 1. The average molecular weight is 347 g/mol. The summed E-state index contributed by atoms with van der Waals surface area (Å²) in [6, 6.07) is 7.39. The van der Waals surface area contributed by atoms with Gasteiger partial charge in [0.1, 0.15) is 5.75 Å². The first-order valence-corrected chi connectivity index (χ1v) is 8.17. The van der Waals surface area contributed by atoms with Gasteiger partial charge < -0.3 is 24.0 Å². The van der Waals surface area contributed by atoms with Crippen LogP contribution in [0.3, 0.4) is 0 Å². The van der Waals surface area contributed by atoms with E-state index in [0.29, 0.717) is 37.0 Å². The van der Waals surface area contributed by atoms with Crippen molar-refractivity contribution < 1.29 is 23.9 Å². The summed E-state index contributed by atoms with van der Waals surface area (Å²) in [5, 5.41) is 13.7. The number of carbonyl (C=O) groups excluding carboxylic acids is 1. The number of amides is 1. The highest BCUT2D eigenvalue weighted by molar-refractivity contribution is 5.76. The van der Waals surface area contributed by atoms with Crippen LogP contribution in [0, 0.1) is 0 Å². The Morgan fingerprint density at radius 3 is 3.12 bits per heavy atom. The lowest BCUT2D eigenvalue weighted by Gasteiger charge is -2.20. The van der Waals surface area contributed by atoms with E-state index in [0.717, 1.165) is 5.56 Å². The van der Waals surface area contributed by atoms with Crippen LogP contribution >= 0.6 is 0 Å². The Bertz CT molecular complexity index is 718. The van der Waals surface area contributed by atoms with E-state index in [1.165, 1.54) is 0 Å². The molecule has 8 nitrogen and oxygen atoms in total. The highest BCUT2D eigenvalue weighted by atomic mass is 16.5. The smallest absolute Gasteiger partial charge is 0.227 e. The highest BCUT2D eigenvalue weighted by Crippen LogP contribution is 2.27. The molecule has 1 atom stereocenters. The van der Waals surface area contributed by atoms with Crippen LogP contribution in [0.15, 0.2) is 28.8 Å². The van der Waals surface area contributed by atoms with Crippen molar-refractivity contribution in [2.45, 2.75) is 18.9 Å².